The molecule has 1 saturated heterocycles. The van der Waals surface area contributed by atoms with E-state index in [0.717, 1.165) is 51.4 Å². The summed E-state index contributed by atoms with van der Waals surface area (Å²) >= 11 is 1.61. The average Bonchev–Trinajstić information content (AvgIpc) is 3.51. The van der Waals surface area contributed by atoms with Crippen molar-refractivity contribution in [2.24, 2.45) is 0 Å². The highest BCUT2D eigenvalue weighted by Gasteiger charge is 2.25. The summed E-state index contributed by atoms with van der Waals surface area (Å²) in [6.45, 7) is 6.95. The number of carbonyl (C=O) groups is 1. The average molecular weight is 474 g/mol. The first-order valence-electron chi connectivity index (χ1n) is 11.3. The maximum atomic E-state index is 13.1. The summed E-state index contributed by atoms with van der Waals surface area (Å²) < 4.78 is 5.24. The highest BCUT2D eigenvalue weighted by atomic mass is 32.1. The number of anilines is 1. The van der Waals surface area contributed by atoms with Crippen LogP contribution >= 0.6 is 11.3 Å². The number of nitrogens with zero attached hydrogens (tertiary/aromatic N) is 4. The minimum Gasteiger partial charge on any atom is -0.497 e. The third kappa shape index (κ3) is 4.41. The van der Waals surface area contributed by atoms with E-state index in [-0.39, 0.29) is 5.91 Å². The van der Waals surface area contributed by atoms with Gasteiger partial charge in [-0.3, -0.25) is 9.89 Å². The van der Waals surface area contributed by atoms with Crippen LogP contribution in [0.5, 0.6) is 5.75 Å². The summed E-state index contributed by atoms with van der Waals surface area (Å²) in [5.41, 5.74) is 5.64. The number of aryl methyl sites for hydroxylation is 2. The standard InChI is InChI=1S/C26H27N5O2S/c1-17-5-4-6-19(15-17)25-27-18(2)24(34-25)22-16-23(29-28-22)26(32)31-13-11-30(12-14-31)20-7-9-21(33-3)10-8-20/h4-10,15-16H,11-14H2,1-3H3,(H,28,29). The van der Waals surface area contributed by atoms with E-state index in [2.05, 4.69) is 52.4 Å². The molecule has 1 N–H and O–H groups in total. The number of aromatic amines is 1. The number of carbonyl (C=O) groups excluding carboxylic acids is 1. The molecule has 34 heavy (non-hydrogen) atoms. The number of aromatic nitrogens is 3. The van der Waals surface area contributed by atoms with Gasteiger partial charge in [0.1, 0.15) is 10.8 Å². The molecule has 0 aliphatic carbocycles. The second-order valence-electron chi connectivity index (χ2n) is 8.45. The molecule has 0 spiro atoms. The number of amides is 1. The van der Waals surface area contributed by atoms with Crippen LogP contribution in [0.2, 0.25) is 0 Å². The molecule has 1 aliphatic heterocycles. The van der Waals surface area contributed by atoms with Crippen LogP contribution < -0.4 is 9.64 Å². The van der Waals surface area contributed by atoms with Crippen molar-refractivity contribution in [1.29, 1.82) is 0 Å². The Morgan fingerprint density at radius 2 is 1.79 bits per heavy atom. The molecular formula is C26H27N5O2S. The van der Waals surface area contributed by atoms with E-state index < -0.39 is 0 Å². The number of ether oxygens (including phenoxy) is 1. The lowest BCUT2D eigenvalue weighted by Crippen LogP contribution is -2.48. The summed E-state index contributed by atoms with van der Waals surface area (Å²) in [7, 11) is 1.67. The monoisotopic (exact) mass is 473 g/mol. The summed E-state index contributed by atoms with van der Waals surface area (Å²) in [6.07, 6.45) is 0. The molecule has 2 aromatic carbocycles. The fourth-order valence-electron chi connectivity index (χ4n) is 4.22. The van der Waals surface area contributed by atoms with Gasteiger partial charge in [-0.2, -0.15) is 5.10 Å². The molecule has 0 bridgehead atoms. The number of hydrogen-bond acceptors (Lipinski definition) is 6. The topological polar surface area (TPSA) is 74.3 Å². The Hall–Kier alpha value is -3.65. The second-order valence-corrected chi connectivity index (χ2v) is 9.45. The zero-order valence-electron chi connectivity index (χ0n) is 19.5. The van der Waals surface area contributed by atoms with Crippen molar-refractivity contribution in [1.82, 2.24) is 20.1 Å². The molecule has 0 unspecified atom stereocenters. The zero-order chi connectivity index (χ0) is 23.7. The first kappa shape index (κ1) is 22.2. The summed E-state index contributed by atoms with van der Waals surface area (Å²) in [5.74, 6) is 0.798. The predicted molar refractivity (Wildman–Crippen MR) is 136 cm³/mol. The molecule has 7 nitrogen and oxygen atoms in total. The van der Waals surface area contributed by atoms with Crippen LogP contribution in [-0.2, 0) is 0 Å². The van der Waals surface area contributed by atoms with Crippen LogP contribution in [0.15, 0.2) is 54.6 Å². The largest absolute Gasteiger partial charge is 0.497 e. The van der Waals surface area contributed by atoms with Gasteiger partial charge in [0.25, 0.3) is 5.91 Å². The fourth-order valence-corrected chi connectivity index (χ4v) is 5.25. The molecule has 1 aliphatic rings. The number of methoxy groups -OCH3 is 1. The molecule has 174 valence electrons. The van der Waals surface area contributed by atoms with Crippen molar-refractivity contribution < 1.29 is 9.53 Å². The lowest BCUT2D eigenvalue weighted by atomic mass is 10.1. The predicted octanol–water partition coefficient (Wildman–Crippen LogP) is 4.79. The SMILES string of the molecule is COc1ccc(N2CCN(C(=O)c3cc(-c4sc(-c5cccc(C)c5)nc4C)[nH]n3)CC2)cc1. The van der Waals surface area contributed by atoms with Crippen molar-refractivity contribution >= 4 is 22.9 Å². The Bertz CT molecular complexity index is 1300. The van der Waals surface area contributed by atoms with Crippen LogP contribution in [0.25, 0.3) is 21.1 Å². The van der Waals surface area contributed by atoms with Gasteiger partial charge < -0.3 is 14.5 Å². The van der Waals surface area contributed by atoms with Gasteiger partial charge in [-0.05, 0) is 50.2 Å². The van der Waals surface area contributed by atoms with E-state index in [0.29, 0.717) is 18.8 Å². The van der Waals surface area contributed by atoms with E-state index in [1.807, 2.05) is 36.1 Å². The molecule has 1 fully saturated rings. The van der Waals surface area contributed by atoms with E-state index in [1.54, 1.807) is 18.4 Å². The highest BCUT2D eigenvalue weighted by molar-refractivity contribution is 7.18. The van der Waals surface area contributed by atoms with Crippen molar-refractivity contribution in [3.63, 3.8) is 0 Å². The van der Waals surface area contributed by atoms with E-state index in [4.69, 9.17) is 9.72 Å². The summed E-state index contributed by atoms with van der Waals surface area (Å²) in [6, 6.07) is 18.2. The highest BCUT2D eigenvalue weighted by Crippen LogP contribution is 2.35. The van der Waals surface area contributed by atoms with Gasteiger partial charge >= 0.3 is 0 Å². The van der Waals surface area contributed by atoms with Gasteiger partial charge in [0.2, 0.25) is 0 Å². The van der Waals surface area contributed by atoms with Crippen molar-refractivity contribution in [2.75, 3.05) is 38.2 Å². The van der Waals surface area contributed by atoms with Crippen LogP contribution in [0.3, 0.4) is 0 Å². The van der Waals surface area contributed by atoms with Crippen LogP contribution in [0, 0.1) is 13.8 Å². The van der Waals surface area contributed by atoms with Crippen molar-refractivity contribution in [2.45, 2.75) is 13.8 Å². The fraction of sp³-hybridized carbons (Fsp3) is 0.269. The number of piperazine rings is 1. The van der Waals surface area contributed by atoms with Crippen molar-refractivity contribution in [3.8, 4) is 26.9 Å². The molecule has 0 saturated carbocycles. The maximum absolute atomic E-state index is 13.1. The third-order valence-corrected chi connectivity index (χ3v) is 7.35. The molecule has 4 aromatic rings. The number of thiazole rings is 1. The van der Waals surface area contributed by atoms with Gasteiger partial charge in [-0.1, -0.05) is 23.8 Å². The number of rotatable bonds is 5. The molecule has 0 atom stereocenters. The molecule has 2 aromatic heterocycles. The quantitative estimate of drug-likeness (QED) is 0.451. The van der Waals surface area contributed by atoms with Gasteiger partial charge in [0, 0.05) is 37.4 Å². The van der Waals surface area contributed by atoms with Gasteiger partial charge in [-0.15, -0.1) is 11.3 Å². The Morgan fingerprint density at radius 1 is 1.03 bits per heavy atom. The normalized spacial score (nSPS) is 13.9. The van der Waals surface area contributed by atoms with Crippen LogP contribution in [0.4, 0.5) is 5.69 Å². The lowest BCUT2D eigenvalue weighted by Gasteiger charge is -2.35. The Labute approximate surface area is 203 Å². The van der Waals surface area contributed by atoms with Crippen LogP contribution in [-0.4, -0.2) is 59.3 Å². The molecule has 1 amide bonds. The van der Waals surface area contributed by atoms with Gasteiger partial charge in [-0.25, -0.2) is 4.98 Å². The minimum absolute atomic E-state index is 0.0436. The van der Waals surface area contributed by atoms with E-state index in [1.165, 1.54) is 5.56 Å². The summed E-state index contributed by atoms with van der Waals surface area (Å²) in [4.78, 5) is 23.0. The van der Waals surface area contributed by atoms with Crippen LogP contribution in [0.1, 0.15) is 21.7 Å². The first-order chi connectivity index (χ1) is 16.5. The molecule has 5 rings (SSSR count). The first-order valence-corrected chi connectivity index (χ1v) is 12.1. The molecular weight excluding hydrogens is 446 g/mol. The summed E-state index contributed by atoms with van der Waals surface area (Å²) in [5, 5.41) is 8.36. The smallest absolute Gasteiger partial charge is 0.274 e. The van der Waals surface area contributed by atoms with Crippen molar-refractivity contribution in [3.05, 3.63) is 71.5 Å². The molecule has 0 radical (unpaired) electrons. The number of hydrogen-bond donors (Lipinski definition) is 1. The van der Waals surface area contributed by atoms with Gasteiger partial charge in [0.05, 0.1) is 23.4 Å². The number of nitrogens with one attached hydrogen (secondary N) is 1. The Kier molecular flexibility index (Phi) is 6.06. The number of H-pyrrole nitrogens is 1. The minimum atomic E-state index is -0.0436. The maximum Gasteiger partial charge on any atom is 0.274 e. The van der Waals surface area contributed by atoms with Gasteiger partial charge in [0.15, 0.2) is 5.69 Å². The number of benzene rings is 2. The lowest BCUT2D eigenvalue weighted by molar-refractivity contribution is 0.0741. The molecule has 8 heteroatoms. The van der Waals surface area contributed by atoms with E-state index in [9.17, 15) is 4.79 Å². The Balaban J connectivity index is 1.26. The Morgan fingerprint density at radius 3 is 2.50 bits per heavy atom. The molecule has 3 heterocycles. The van der Waals surface area contributed by atoms with E-state index >= 15 is 0 Å². The third-order valence-electron chi connectivity index (χ3n) is 6.11. The zero-order valence-corrected chi connectivity index (χ0v) is 20.4. The second kappa shape index (κ2) is 9.30.